The molecule has 9 heteroatoms. The fourth-order valence-corrected chi connectivity index (χ4v) is 3.38. The van der Waals surface area contributed by atoms with E-state index in [4.69, 9.17) is 5.26 Å². The van der Waals surface area contributed by atoms with E-state index in [1.807, 2.05) is 24.3 Å². The summed E-state index contributed by atoms with van der Waals surface area (Å²) < 4.78 is 0. The molecule has 0 radical (unpaired) electrons. The van der Waals surface area contributed by atoms with Gasteiger partial charge in [-0.1, -0.05) is 12.1 Å². The van der Waals surface area contributed by atoms with Gasteiger partial charge in [-0.3, -0.25) is 0 Å². The molecule has 4 N–H and O–H groups in total. The zero-order valence-electron chi connectivity index (χ0n) is 15.5. The number of hydrogen-bond donors (Lipinski definition) is 4. The van der Waals surface area contributed by atoms with E-state index >= 15 is 0 Å². The first-order valence-electron chi connectivity index (χ1n) is 8.97. The first kappa shape index (κ1) is 22.5. The number of anilines is 1. The zero-order valence-corrected chi connectivity index (χ0v) is 17.1. The van der Waals surface area contributed by atoms with Gasteiger partial charge in [0.25, 0.3) is 0 Å². The molecule has 0 bridgehead atoms. The third-order valence-corrected chi connectivity index (χ3v) is 4.75. The number of amides is 2. The second kappa shape index (κ2) is 10.1. The number of imidazole rings is 1. The van der Waals surface area contributed by atoms with Crippen molar-refractivity contribution in [3.05, 3.63) is 59.9 Å². The van der Waals surface area contributed by atoms with Crippen LogP contribution in [0.2, 0.25) is 0 Å². The van der Waals surface area contributed by atoms with E-state index in [0.717, 1.165) is 36.2 Å². The number of hydrogen-bond acceptors (Lipinski definition) is 4. The molecule has 0 saturated carbocycles. The first-order valence-corrected chi connectivity index (χ1v) is 8.97. The Kier molecular flexibility index (Phi) is 7.85. The number of aromatic nitrogens is 2. The molecule has 2 heterocycles. The summed E-state index contributed by atoms with van der Waals surface area (Å²) >= 11 is 0. The smallest absolute Gasteiger partial charge is 0.319 e. The lowest BCUT2D eigenvalue weighted by molar-refractivity contribution is 0.240. The van der Waals surface area contributed by atoms with Crippen LogP contribution < -0.4 is 16.0 Å². The number of nitrogens with one attached hydrogen (secondary N) is 4. The molecule has 4 rings (SSSR count). The summed E-state index contributed by atoms with van der Waals surface area (Å²) in [6.07, 6.45) is 1.62. The van der Waals surface area contributed by atoms with Crippen LogP contribution >= 0.6 is 24.8 Å². The van der Waals surface area contributed by atoms with Gasteiger partial charge in [0.2, 0.25) is 0 Å². The Hall–Kier alpha value is -2.79. The van der Waals surface area contributed by atoms with Crippen molar-refractivity contribution in [2.75, 3.05) is 11.9 Å². The zero-order chi connectivity index (χ0) is 18.6. The second-order valence-corrected chi connectivity index (χ2v) is 6.65. The molecule has 1 aliphatic heterocycles. The Morgan fingerprint density at radius 1 is 1.14 bits per heavy atom. The van der Waals surface area contributed by atoms with Crippen molar-refractivity contribution in [1.82, 2.24) is 20.6 Å². The van der Waals surface area contributed by atoms with E-state index in [1.54, 1.807) is 24.3 Å². The highest BCUT2D eigenvalue weighted by molar-refractivity contribution is 5.89. The quantitative estimate of drug-likeness (QED) is 0.503. The summed E-state index contributed by atoms with van der Waals surface area (Å²) in [5, 5.41) is 18.1. The van der Waals surface area contributed by atoms with Crippen molar-refractivity contribution in [2.24, 2.45) is 0 Å². The summed E-state index contributed by atoms with van der Waals surface area (Å²) in [5.41, 5.74) is 3.19. The van der Waals surface area contributed by atoms with Gasteiger partial charge in [0.05, 0.1) is 28.7 Å². The van der Waals surface area contributed by atoms with Crippen LogP contribution in [0.3, 0.4) is 0 Å². The van der Waals surface area contributed by atoms with Crippen LogP contribution in [0.15, 0.2) is 48.5 Å². The summed E-state index contributed by atoms with van der Waals surface area (Å²) in [6, 6.07) is 16.7. The van der Waals surface area contributed by atoms with E-state index in [9.17, 15) is 4.79 Å². The minimum absolute atomic E-state index is 0. The molecule has 1 saturated heterocycles. The van der Waals surface area contributed by atoms with Crippen LogP contribution in [0.25, 0.3) is 11.0 Å². The average molecular weight is 433 g/mol. The summed E-state index contributed by atoms with van der Waals surface area (Å²) in [5.74, 6) is 0.898. The van der Waals surface area contributed by atoms with E-state index in [0.29, 0.717) is 11.3 Å². The summed E-state index contributed by atoms with van der Waals surface area (Å²) in [4.78, 5) is 20.3. The second-order valence-electron chi connectivity index (χ2n) is 6.65. The number of H-pyrrole nitrogens is 1. The van der Waals surface area contributed by atoms with E-state index < -0.39 is 0 Å². The summed E-state index contributed by atoms with van der Waals surface area (Å²) in [7, 11) is 0. The van der Waals surface area contributed by atoms with Crippen LogP contribution in [-0.2, 0) is 0 Å². The van der Waals surface area contributed by atoms with Crippen molar-refractivity contribution in [2.45, 2.75) is 24.9 Å². The van der Waals surface area contributed by atoms with E-state index in [1.165, 1.54) is 0 Å². The largest absolute Gasteiger partial charge is 0.341 e. The molecule has 2 amide bonds. The van der Waals surface area contributed by atoms with Crippen LogP contribution in [0.5, 0.6) is 0 Å². The number of fused-ring (bicyclic) bond motifs is 1. The SMILES string of the molecule is Cl.Cl.N#Cc1ccc(NC(=O)N[C@@H]2CCN[C@@H](c3nc4ccccc4[nH]3)C2)cc1. The Labute approximate surface area is 181 Å². The number of urea groups is 1. The number of carbonyl (C=O) groups is 1. The average Bonchev–Trinajstić information content (AvgIpc) is 3.13. The molecule has 1 fully saturated rings. The number of halogens is 2. The van der Waals surface area contributed by atoms with Crippen molar-refractivity contribution in [1.29, 1.82) is 5.26 Å². The normalized spacial score (nSPS) is 18.0. The number of benzene rings is 2. The van der Waals surface area contributed by atoms with Crippen LogP contribution in [0, 0.1) is 11.3 Å². The number of rotatable bonds is 3. The van der Waals surface area contributed by atoms with Gasteiger partial charge in [0.15, 0.2) is 0 Å². The topological polar surface area (TPSA) is 106 Å². The molecule has 1 aromatic heterocycles. The molecule has 1 aliphatic rings. The Morgan fingerprint density at radius 3 is 2.62 bits per heavy atom. The van der Waals surface area contributed by atoms with Gasteiger partial charge in [-0.25, -0.2) is 9.78 Å². The Balaban J connectivity index is 0.00000150. The fraction of sp³-hybridized carbons (Fsp3) is 0.250. The lowest BCUT2D eigenvalue weighted by Crippen LogP contribution is -2.45. The highest BCUT2D eigenvalue weighted by Crippen LogP contribution is 2.23. The predicted octanol–water partition coefficient (Wildman–Crippen LogP) is 3.89. The maximum absolute atomic E-state index is 12.3. The Bertz CT molecular complexity index is 965. The highest BCUT2D eigenvalue weighted by atomic mass is 35.5. The number of nitrogens with zero attached hydrogens (tertiary/aromatic N) is 2. The molecule has 0 spiro atoms. The van der Waals surface area contributed by atoms with Crippen molar-refractivity contribution in [3.8, 4) is 6.07 Å². The number of piperidine rings is 1. The number of aromatic amines is 1. The third-order valence-electron chi connectivity index (χ3n) is 4.75. The van der Waals surface area contributed by atoms with Crippen molar-refractivity contribution >= 4 is 47.6 Å². The van der Waals surface area contributed by atoms with Gasteiger partial charge >= 0.3 is 6.03 Å². The Morgan fingerprint density at radius 2 is 1.90 bits per heavy atom. The molecule has 29 heavy (non-hydrogen) atoms. The van der Waals surface area contributed by atoms with Crippen molar-refractivity contribution < 1.29 is 4.79 Å². The first-order chi connectivity index (χ1) is 13.2. The number of para-hydroxylation sites is 2. The number of nitriles is 1. The van der Waals surface area contributed by atoms with E-state index in [2.05, 4.69) is 32.0 Å². The molecule has 2 aromatic carbocycles. The third kappa shape index (κ3) is 5.39. The molecule has 152 valence electrons. The lowest BCUT2D eigenvalue weighted by Gasteiger charge is -2.29. The van der Waals surface area contributed by atoms with E-state index in [-0.39, 0.29) is 42.9 Å². The maximum Gasteiger partial charge on any atom is 0.319 e. The van der Waals surface area contributed by atoms with Gasteiger partial charge in [-0.2, -0.15) is 5.26 Å². The molecule has 7 nitrogen and oxygen atoms in total. The monoisotopic (exact) mass is 432 g/mol. The standard InChI is InChI=1S/C20H20N6O.2ClH/c21-12-13-5-7-14(8-6-13)23-20(27)24-15-9-10-22-18(11-15)19-25-16-3-1-2-4-17(16)26-19;;/h1-8,15,18,22H,9-11H2,(H,25,26)(H2,23,24,27);2*1H/t15-,18-;;/m1../s1. The number of carbonyl (C=O) groups excluding carboxylic acids is 1. The molecule has 3 aromatic rings. The maximum atomic E-state index is 12.3. The molecular weight excluding hydrogens is 411 g/mol. The molecular formula is C20H22Cl2N6O. The van der Waals surface area contributed by atoms with Crippen LogP contribution in [0.1, 0.15) is 30.3 Å². The summed E-state index contributed by atoms with van der Waals surface area (Å²) in [6.45, 7) is 0.809. The van der Waals surface area contributed by atoms with Crippen LogP contribution in [0.4, 0.5) is 10.5 Å². The van der Waals surface area contributed by atoms with Gasteiger partial charge in [-0.15, -0.1) is 24.8 Å². The van der Waals surface area contributed by atoms with Gasteiger partial charge in [0.1, 0.15) is 5.82 Å². The lowest BCUT2D eigenvalue weighted by atomic mass is 9.99. The molecule has 0 unspecified atom stereocenters. The van der Waals surface area contributed by atoms with Crippen molar-refractivity contribution in [3.63, 3.8) is 0 Å². The van der Waals surface area contributed by atoms with Gasteiger partial charge < -0.3 is 20.9 Å². The molecule has 0 aliphatic carbocycles. The minimum Gasteiger partial charge on any atom is -0.341 e. The molecule has 2 atom stereocenters. The predicted molar refractivity (Wildman–Crippen MR) is 118 cm³/mol. The highest BCUT2D eigenvalue weighted by Gasteiger charge is 2.26. The van der Waals surface area contributed by atoms with Gasteiger partial charge in [0, 0.05) is 11.7 Å². The van der Waals surface area contributed by atoms with Crippen LogP contribution in [-0.4, -0.2) is 28.6 Å². The van der Waals surface area contributed by atoms with Gasteiger partial charge in [-0.05, 0) is 55.8 Å². The minimum atomic E-state index is -0.241. The fourth-order valence-electron chi connectivity index (χ4n) is 3.38.